The van der Waals surface area contributed by atoms with E-state index in [4.69, 9.17) is 9.11 Å². The van der Waals surface area contributed by atoms with E-state index in [1.165, 1.54) is 0 Å². The SMILES string of the molecule is O=S(=O)(O)CCCS(=O)(=O)O.[H-].[H-].[K+].[K+]. The molecule has 0 aromatic rings. The normalized spacial score (nSPS) is 11.2. The Kier molecular flexibility index (Phi) is 15.1. The van der Waals surface area contributed by atoms with Crippen LogP contribution in [0.3, 0.4) is 0 Å². The van der Waals surface area contributed by atoms with E-state index in [0.717, 1.165) is 0 Å². The first-order valence-electron chi connectivity index (χ1n) is 2.61. The third-order valence-electron chi connectivity index (χ3n) is 0.805. The number of rotatable bonds is 4. The van der Waals surface area contributed by atoms with Crippen LogP contribution in [0.15, 0.2) is 0 Å². The van der Waals surface area contributed by atoms with Crippen molar-refractivity contribution in [2.24, 2.45) is 0 Å². The Labute approximate surface area is 166 Å². The predicted molar refractivity (Wildman–Crippen MR) is 39.7 cm³/mol. The smallest absolute Gasteiger partial charge is 1.00 e. The quantitative estimate of drug-likeness (QED) is 0.392. The molecule has 0 radical (unpaired) electrons. The van der Waals surface area contributed by atoms with Crippen LogP contribution in [0.25, 0.3) is 0 Å². The van der Waals surface area contributed by atoms with E-state index >= 15 is 0 Å². The maximum absolute atomic E-state index is 10.00. The summed E-state index contributed by atoms with van der Waals surface area (Å²) in [5, 5.41) is 0. The van der Waals surface area contributed by atoms with E-state index < -0.39 is 31.7 Å². The second-order valence-electron chi connectivity index (χ2n) is 1.93. The fourth-order valence-corrected chi connectivity index (χ4v) is 1.62. The summed E-state index contributed by atoms with van der Waals surface area (Å²) >= 11 is 0. The van der Waals surface area contributed by atoms with Crippen molar-refractivity contribution < 1.29 is 132 Å². The first-order valence-corrected chi connectivity index (χ1v) is 5.83. The van der Waals surface area contributed by atoms with Crippen LogP contribution >= 0.6 is 0 Å². The largest absolute Gasteiger partial charge is 1.00 e. The molecule has 0 atom stereocenters. The van der Waals surface area contributed by atoms with Crippen molar-refractivity contribution >= 4 is 20.2 Å². The van der Waals surface area contributed by atoms with Crippen LogP contribution in [-0.4, -0.2) is 37.4 Å². The van der Waals surface area contributed by atoms with E-state index in [-0.39, 0.29) is 112 Å². The van der Waals surface area contributed by atoms with Crippen LogP contribution in [0.5, 0.6) is 0 Å². The fraction of sp³-hybridized carbons (Fsp3) is 1.00. The van der Waals surface area contributed by atoms with Gasteiger partial charge in [0.1, 0.15) is 0 Å². The number of hydrogen-bond acceptors (Lipinski definition) is 4. The summed E-state index contributed by atoms with van der Waals surface area (Å²) in [6.45, 7) is 0. The maximum atomic E-state index is 10.00. The van der Waals surface area contributed by atoms with Crippen molar-refractivity contribution in [1.82, 2.24) is 0 Å². The van der Waals surface area contributed by atoms with Crippen molar-refractivity contribution in [1.29, 1.82) is 0 Å². The van der Waals surface area contributed by atoms with Crippen molar-refractivity contribution in [3.05, 3.63) is 0 Å². The summed E-state index contributed by atoms with van der Waals surface area (Å²) in [6.07, 6.45) is -0.308. The van der Waals surface area contributed by atoms with E-state index in [1.54, 1.807) is 0 Å². The van der Waals surface area contributed by atoms with Gasteiger partial charge in [0.05, 0.1) is 11.5 Å². The summed E-state index contributed by atoms with van der Waals surface area (Å²) in [5.74, 6) is -1.32. The molecule has 6 nitrogen and oxygen atoms in total. The zero-order valence-corrected chi connectivity index (χ0v) is 15.3. The average Bonchev–Trinajstić information content (AvgIpc) is 1.55. The van der Waals surface area contributed by atoms with Gasteiger partial charge in [0, 0.05) is 0 Å². The molecule has 0 aliphatic carbocycles. The molecule has 0 rings (SSSR count). The minimum atomic E-state index is -4.12. The monoisotopic (exact) mass is 284 g/mol. The van der Waals surface area contributed by atoms with Crippen LogP contribution < -0.4 is 103 Å². The van der Waals surface area contributed by atoms with Crippen molar-refractivity contribution in [3.8, 4) is 0 Å². The molecule has 0 bridgehead atoms. The molecular weight excluding hydrogens is 274 g/mol. The number of hydrogen-bond donors (Lipinski definition) is 2. The molecule has 0 amide bonds. The second kappa shape index (κ2) is 9.16. The van der Waals surface area contributed by atoms with E-state index in [0.29, 0.717) is 0 Å². The van der Waals surface area contributed by atoms with Gasteiger partial charge in [-0.3, -0.25) is 9.11 Å². The molecule has 0 aromatic heterocycles. The zero-order chi connectivity index (χ0) is 9.12. The second-order valence-corrected chi connectivity index (χ2v) is 5.07. The molecule has 0 spiro atoms. The Morgan fingerprint density at radius 3 is 1.23 bits per heavy atom. The standard InChI is InChI=1S/C3H8O6S2.2K.2H/c4-10(5,6)2-1-3-11(7,8)9;;;;/h1-3H2,(H,4,5,6)(H,7,8,9);;;;/q;2*+1;2*-1. The molecule has 0 fully saturated rings. The molecule has 0 saturated carbocycles. The summed E-state index contributed by atoms with van der Waals surface area (Å²) < 4.78 is 56.2. The molecule has 0 aromatic carbocycles. The molecule has 0 aliphatic rings. The van der Waals surface area contributed by atoms with E-state index in [9.17, 15) is 16.8 Å². The van der Waals surface area contributed by atoms with Gasteiger partial charge in [-0.15, -0.1) is 0 Å². The molecule has 2 N–H and O–H groups in total. The molecule has 0 unspecified atom stereocenters. The van der Waals surface area contributed by atoms with Gasteiger partial charge in [0.15, 0.2) is 0 Å². The Bertz CT molecular complexity index is 281. The molecule has 13 heavy (non-hydrogen) atoms. The third-order valence-corrected chi connectivity index (χ3v) is 2.41. The predicted octanol–water partition coefficient (Wildman–Crippen LogP) is -6.61. The summed E-state index contributed by atoms with van der Waals surface area (Å²) in [6, 6.07) is 0. The Morgan fingerprint density at radius 1 is 0.846 bits per heavy atom. The molecule has 0 aliphatic heterocycles. The topological polar surface area (TPSA) is 109 Å². The Balaban J connectivity index is -0.0000000833. The minimum absolute atomic E-state index is 0. The summed E-state index contributed by atoms with van der Waals surface area (Å²) in [4.78, 5) is 0. The molecule has 0 saturated heterocycles. The van der Waals surface area contributed by atoms with Crippen molar-refractivity contribution in [3.63, 3.8) is 0 Å². The van der Waals surface area contributed by atoms with E-state index in [1.807, 2.05) is 0 Å². The van der Waals surface area contributed by atoms with Crippen LogP contribution in [0.1, 0.15) is 9.27 Å². The molecule has 10 heteroatoms. The van der Waals surface area contributed by atoms with E-state index in [2.05, 4.69) is 0 Å². The molecular formula is C3H10K2O6S2. The van der Waals surface area contributed by atoms with Gasteiger partial charge in [-0.1, -0.05) is 0 Å². The minimum Gasteiger partial charge on any atom is -1.00 e. The van der Waals surface area contributed by atoms with Gasteiger partial charge in [0.25, 0.3) is 20.2 Å². The van der Waals surface area contributed by atoms with Crippen LogP contribution in [-0.2, 0) is 20.2 Å². The average molecular weight is 284 g/mol. The zero-order valence-electron chi connectivity index (χ0n) is 9.47. The third kappa shape index (κ3) is 21.0. The maximum Gasteiger partial charge on any atom is 1.00 e. The van der Waals surface area contributed by atoms with Crippen molar-refractivity contribution in [2.75, 3.05) is 11.5 Å². The van der Waals surface area contributed by atoms with Gasteiger partial charge in [-0.05, 0) is 6.42 Å². The fourth-order valence-electron chi connectivity index (χ4n) is 0.424. The summed E-state index contributed by atoms with van der Waals surface area (Å²) in [7, 11) is -8.24. The van der Waals surface area contributed by atoms with Crippen LogP contribution in [0.4, 0.5) is 0 Å². The van der Waals surface area contributed by atoms with Gasteiger partial charge in [-0.25, -0.2) is 0 Å². The van der Waals surface area contributed by atoms with Gasteiger partial charge >= 0.3 is 103 Å². The summed E-state index contributed by atoms with van der Waals surface area (Å²) in [5.41, 5.74) is 0. The first kappa shape index (κ1) is 21.4. The van der Waals surface area contributed by atoms with Crippen LogP contribution in [0, 0.1) is 0 Å². The first-order chi connectivity index (χ1) is 4.71. The molecule has 0 heterocycles. The Morgan fingerprint density at radius 2 is 1.08 bits per heavy atom. The van der Waals surface area contributed by atoms with Crippen molar-refractivity contribution in [2.45, 2.75) is 6.42 Å². The van der Waals surface area contributed by atoms with Gasteiger partial charge in [-0.2, -0.15) is 16.8 Å². The van der Waals surface area contributed by atoms with Gasteiger partial charge in [0.2, 0.25) is 0 Å². The molecule has 72 valence electrons. The van der Waals surface area contributed by atoms with Gasteiger partial charge < -0.3 is 2.85 Å². The Hall–Kier alpha value is 3.09. The van der Waals surface area contributed by atoms with Crippen LogP contribution in [0.2, 0.25) is 0 Å².